The van der Waals surface area contributed by atoms with Crippen molar-refractivity contribution >= 4 is 23.3 Å². The molecule has 0 atom stereocenters. The van der Waals surface area contributed by atoms with E-state index in [0.717, 1.165) is 14.2 Å². The quantitative estimate of drug-likeness (QED) is 0.253. The SMILES string of the molecule is COC(=O)c1cc(F)c(OCCCCOc2c(F)cc(C(=O)OC)c(N)c2F)c(F)c1N. The molecule has 2 aromatic rings. The Morgan fingerprint density at radius 3 is 1.41 bits per heavy atom. The lowest BCUT2D eigenvalue weighted by atomic mass is 10.1. The molecule has 0 fully saturated rings. The van der Waals surface area contributed by atoms with Crippen LogP contribution in [0, 0.1) is 23.3 Å². The fraction of sp³-hybridized carbons (Fsp3) is 0.300. The molecule has 0 amide bonds. The summed E-state index contributed by atoms with van der Waals surface area (Å²) in [5.74, 6) is -8.40. The maximum Gasteiger partial charge on any atom is 0.340 e. The number of esters is 2. The van der Waals surface area contributed by atoms with Crippen molar-refractivity contribution < 1.29 is 46.1 Å². The molecule has 0 bridgehead atoms. The number of carbonyl (C=O) groups is 2. The maximum atomic E-state index is 14.2. The molecular weight excluding hydrogens is 440 g/mol. The van der Waals surface area contributed by atoms with E-state index in [1.807, 2.05) is 0 Å². The largest absolute Gasteiger partial charge is 0.488 e. The van der Waals surface area contributed by atoms with Crippen molar-refractivity contribution in [3.63, 3.8) is 0 Å². The Kier molecular flexibility index (Phi) is 8.10. The lowest BCUT2D eigenvalue weighted by molar-refractivity contribution is 0.0592. The molecule has 0 radical (unpaired) electrons. The third kappa shape index (κ3) is 5.13. The Balaban J connectivity index is 1.93. The molecule has 0 saturated carbocycles. The summed E-state index contributed by atoms with van der Waals surface area (Å²) in [7, 11) is 2.06. The first-order chi connectivity index (χ1) is 15.1. The van der Waals surface area contributed by atoms with Gasteiger partial charge in [-0.05, 0) is 25.0 Å². The second-order valence-corrected chi connectivity index (χ2v) is 6.31. The van der Waals surface area contributed by atoms with E-state index < -0.39 is 69.2 Å². The average Bonchev–Trinajstić information content (AvgIpc) is 2.78. The van der Waals surface area contributed by atoms with Crippen LogP contribution in [-0.4, -0.2) is 39.4 Å². The van der Waals surface area contributed by atoms with Crippen molar-refractivity contribution in [1.82, 2.24) is 0 Å². The molecule has 0 spiro atoms. The fourth-order valence-corrected chi connectivity index (χ4v) is 2.61. The van der Waals surface area contributed by atoms with Crippen molar-refractivity contribution in [3.8, 4) is 11.5 Å². The number of carbonyl (C=O) groups excluding carboxylic acids is 2. The summed E-state index contributed by atoms with van der Waals surface area (Å²) in [4.78, 5) is 22.9. The predicted octanol–water partition coefficient (Wildman–Crippen LogP) is 3.22. The Morgan fingerprint density at radius 1 is 0.750 bits per heavy atom. The van der Waals surface area contributed by atoms with E-state index in [1.165, 1.54) is 0 Å². The van der Waals surface area contributed by atoms with E-state index in [1.54, 1.807) is 0 Å². The summed E-state index contributed by atoms with van der Waals surface area (Å²) >= 11 is 0. The number of methoxy groups -OCH3 is 2. The molecule has 32 heavy (non-hydrogen) atoms. The van der Waals surface area contributed by atoms with Crippen molar-refractivity contribution in [3.05, 3.63) is 46.5 Å². The number of anilines is 2. The van der Waals surface area contributed by atoms with Gasteiger partial charge in [0, 0.05) is 0 Å². The van der Waals surface area contributed by atoms with Crippen LogP contribution in [0.25, 0.3) is 0 Å². The maximum absolute atomic E-state index is 14.2. The van der Waals surface area contributed by atoms with Gasteiger partial charge in [0.1, 0.15) is 0 Å². The molecule has 0 heterocycles. The zero-order valence-corrected chi connectivity index (χ0v) is 17.1. The van der Waals surface area contributed by atoms with Gasteiger partial charge in [-0.2, -0.15) is 0 Å². The molecule has 4 N–H and O–H groups in total. The van der Waals surface area contributed by atoms with E-state index in [2.05, 4.69) is 9.47 Å². The molecule has 12 heteroatoms. The minimum Gasteiger partial charge on any atom is -0.488 e. The Hall–Kier alpha value is -3.70. The smallest absolute Gasteiger partial charge is 0.340 e. The fourth-order valence-electron chi connectivity index (χ4n) is 2.61. The van der Waals surface area contributed by atoms with Gasteiger partial charge in [0.05, 0.1) is 49.9 Å². The van der Waals surface area contributed by atoms with Gasteiger partial charge in [-0.3, -0.25) is 0 Å². The number of halogens is 4. The van der Waals surface area contributed by atoms with Crippen LogP contribution in [0.3, 0.4) is 0 Å². The summed E-state index contributed by atoms with van der Waals surface area (Å²) in [6.45, 7) is -0.384. The van der Waals surface area contributed by atoms with Crippen LogP contribution in [0.5, 0.6) is 11.5 Å². The van der Waals surface area contributed by atoms with E-state index in [9.17, 15) is 27.2 Å². The number of nitrogens with two attached hydrogens (primary N) is 2. The van der Waals surface area contributed by atoms with Gasteiger partial charge in [-0.1, -0.05) is 0 Å². The van der Waals surface area contributed by atoms with Gasteiger partial charge in [-0.15, -0.1) is 0 Å². The van der Waals surface area contributed by atoms with Crippen LogP contribution >= 0.6 is 0 Å². The predicted molar refractivity (Wildman–Crippen MR) is 104 cm³/mol. The molecule has 0 aliphatic rings. The van der Waals surface area contributed by atoms with Crippen molar-refractivity contribution in [2.75, 3.05) is 38.9 Å². The second kappa shape index (κ2) is 10.6. The molecule has 0 aromatic heterocycles. The number of benzene rings is 2. The normalized spacial score (nSPS) is 10.6. The highest BCUT2D eigenvalue weighted by molar-refractivity contribution is 5.96. The molecule has 0 saturated heterocycles. The number of hydrogen-bond donors (Lipinski definition) is 2. The standard InChI is InChI=1S/C20H20F4N2O6/c1-29-19(27)9-7-11(21)17(13(23)15(9)25)31-5-3-4-6-32-18-12(22)8-10(20(28)30-2)16(26)14(18)24/h7-8H,3-6,25-26H2,1-2H3. The monoisotopic (exact) mass is 460 g/mol. The Morgan fingerprint density at radius 2 is 1.09 bits per heavy atom. The van der Waals surface area contributed by atoms with Gasteiger partial charge in [-0.25, -0.2) is 27.2 Å². The number of unbranched alkanes of at least 4 members (excludes halogenated alkanes) is 1. The number of rotatable bonds is 9. The van der Waals surface area contributed by atoms with Crippen molar-refractivity contribution in [2.24, 2.45) is 0 Å². The molecule has 0 unspecified atom stereocenters. The zero-order valence-electron chi connectivity index (χ0n) is 17.1. The van der Waals surface area contributed by atoms with Crippen LogP contribution in [-0.2, 0) is 9.47 Å². The summed E-state index contributed by atoms with van der Waals surface area (Å²) < 4.78 is 75.3. The number of hydrogen-bond acceptors (Lipinski definition) is 8. The highest BCUT2D eigenvalue weighted by Gasteiger charge is 2.23. The molecule has 0 aliphatic heterocycles. The molecule has 0 aliphatic carbocycles. The van der Waals surface area contributed by atoms with E-state index >= 15 is 0 Å². The van der Waals surface area contributed by atoms with Gasteiger partial charge < -0.3 is 30.4 Å². The second-order valence-electron chi connectivity index (χ2n) is 6.31. The third-order valence-electron chi connectivity index (χ3n) is 4.27. The topological polar surface area (TPSA) is 123 Å². The summed E-state index contributed by atoms with van der Waals surface area (Å²) in [6.07, 6.45) is 0.354. The summed E-state index contributed by atoms with van der Waals surface area (Å²) in [6, 6.07) is 1.38. The Labute approximate surface area is 180 Å². The summed E-state index contributed by atoms with van der Waals surface area (Å²) in [5, 5.41) is 0. The Bertz CT molecular complexity index is 951. The lowest BCUT2D eigenvalue weighted by Gasteiger charge is -2.13. The zero-order chi connectivity index (χ0) is 24.0. The van der Waals surface area contributed by atoms with Crippen LogP contribution in [0.4, 0.5) is 28.9 Å². The summed E-state index contributed by atoms with van der Waals surface area (Å²) in [5.41, 5.74) is 8.72. The molecular formula is C20H20F4N2O6. The first-order valence-electron chi connectivity index (χ1n) is 9.11. The van der Waals surface area contributed by atoms with Crippen LogP contribution in [0.15, 0.2) is 12.1 Å². The van der Waals surface area contributed by atoms with Gasteiger partial charge in [0.15, 0.2) is 34.8 Å². The van der Waals surface area contributed by atoms with E-state index in [0.29, 0.717) is 12.1 Å². The van der Waals surface area contributed by atoms with Crippen LogP contribution in [0.2, 0.25) is 0 Å². The van der Waals surface area contributed by atoms with Gasteiger partial charge in [0.25, 0.3) is 0 Å². The highest BCUT2D eigenvalue weighted by Crippen LogP contribution is 2.31. The lowest BCUT2D eigenvalue weighted by Crippen LogP contribution is -2.12. The van der Waals surface area contributed by atoms with Crippen molar-refractivity contribution in [1.29, 1.82) is 0 Å². The third-order valence-corrected chi connectivity index (χ3v) is 4.27. The first kappa shape index (κ1) is 24.6. The van der Waals surface area contributed by atoms with Crippen molar-refractivity contribution in [2.45, 2.75) is 12.8 Å². The minimum absolute atomic E-state index is 0.177. The van der Waals surface area contributed by atoms with Gasteiger partial charge in [0.2, 0.25) is 0 Å². The number of nitrogen functional groups attached to an aromatic ring is 2. The minimum atomic E-state index is -1.26. The van der Waals surface area contributed by atoms with Crippen LogP contribution in [0.1, 0.15) is 33.6 Å². The molecule has 2 aromatic carbocycles. The average molecular weight is 460 g/mol. The molecule has 2 rings (SSSR count). The molecule has 174 valence electrons. The van der Waals surface area contributed by atoms with Crippen LogP contribution < -0.4 is 20.9 Å². The first-order valence-corrected chi connectivity index (χ1v) is 9.11. The van der Waals surface area contributed by atoms with E-state index in [-0.39, 0.29) is 26.1 Å². The molecule has 8 nitrogen and oxygen atoms in total. The van der Waals surface area contributed by atoms with Gasteiger partial charge >= 0.3 is 11.9 Å². The number of ether oxygens (including phenoxy) is 4. The highest BCUT2D eigenvalue weighted by atomic mass is 19.1. The van der Waals surface area contributed by atoms with E-state index in [4.69, 9.17) is 20.9 Å².